The quantitative estimate of drug-likeness (QED) is 0.554. The van der Waals surface area contributed by atoms with Gasteiger partial charge in [0.25, 0.3) is 11.4 Å². The van der Waals surface area contributed by atoms with E-state index in [4.69, 9.17) is 11.6 Å². The maximum Gasteiger partial charge on any atom is 0.283 e. The third-order valence-corrected chi connectivity index (χ3v) is 4.32. The molecule has 1 heterocycles. The average Bonchev–Trinajstić information content (AvgIpc) is 2.62. The van der Waals surface area contributed by atoms with Gasteiger partial charge in [-0.15, -0.1) is 0 Å². The van der Waals surface area contributed by atoms with E-state index in [1.807, 2.05) is 30.2 Å². The number of hydrogen-bond acceptors (Lipinski definition) is 5. The van der Waals surface area contributed by atoms with Gasteiger partial charge in [0.2, 0.25) is 0 Å². The van der Waals surface area contributed by atoms with E-state index in [2.05, 4.69) is 0 Å². The molecule has 0 bridgehead atoms. The molecule has 2 aromatic carbocycles. The van der Waals surface area contributed by atoms with Gasteiger partial charge in [-0.25, -0.2) is 0 Å². The second kappa shape index (κ2) is 6.97. The van der Waals surface area contributed by atoms with Crippen LogP contribution in [0.3, 0.4) is 0 Å². The maximum atomic E-state index is 11.3. The van der Waals surface area contributed by atoms with E-state index in [1.54, 1.807) is 18.2 Å². The lowest BCUT2D eigenvalue weighted by Crippen LogP contribution is -2.18. The first-order valence-electron chi connectivity index (χ1n) is 7.80. The molecule has 0 radical (unpaired) electrons. The van der Waals surface area contributed by atoms with Gasteiger partial charge in [0.05, 0.1) is 21.5 Å². The summed E-state index contributed by atoms with van der Waals surface area (Å²) in [5.74, 6) is 0. The normalized spacial score (nSPS) is 14.4. The lowest BCUT2D eigenvalue weighted by atomic mass is 9.97. The van der Waals surface area contributed by atoms with Crippen LogP contribution in [-0.2, 0) is 0 Å². The summed E-state index contributed by atoms with van der Waals surface area (Å²) in [5.41, 5.74) is 2.17. The van der Waals surface area contributed by atoms with Gasteiger partial charge in [-0.1, -0.05) is 11.6 Å². The highest BCUT2D eigenvalue weighted by molar-refractivity contribution is 6.31. The molecular weight excluding hydrogens is 358 g/mol. The van der Waals surface area contributed by atoms with Crippen LogP contribution in [0.4, 0.5) is 17.1 Å². The number of halogens is 1. The second-order valence-electron chi connectivity index (χ2n) is 5.62. The predicted octanol–water partition coefficient (Wildman–Crippen LogP) is 5.05. The van der Waals surface area contributed by atoms with Crippen molar-refractivity contribution in [2.24, 2.45) is 0 Å². The van der Waals surface area contributed by atoms with Gasteiger partial charge < -0.3 is 4.90 Å². The third kappa shape index (κ3) is 3.29. The molecule has 0 atom stereocenters. The van der Waals surface area contributed by atoms with Gasteiger partial charge in [-0.2, -0.15) is 0 Å². The van der Waals surface area contributed by atoms with E-state index >= 15 is 0 Å². The van der Waals surface area contributed by atoms with Crippen LogP contribution in [0.1, 0.15) is 18.1 Å². The van der Waals surface area contributed by atoms with Crippen molar-refractivity contribution in [2.45, 2.75) is 6.92 Å². The highest BCUT2D eigenvalue weighted by Crippen LogP contribution is 2.37. The Balaban J connectivity index is 2.15. The molecule has 3 rings (SSSR count). The lowest BCUT2D eigenvalue weighted by Gasteiger charge is -2.26. The molecule has 8 heteroatoms. The van der Waals surface area contributed by atoms with Gasteiger partial charge >= 0.3 is 0 Å². The van der Waals surface area contributed by atoms with Gasteiger partial charge in [0.15, 0.2) is 0 Å². The molecule has 0 fully saturated rings. The molecule has 2 aromatic rings. The average molecular weight is 372 g/mol. The number of nitro groups is 2. The number of fused-ring (bicyclic) bond motifs is 1. The summed E-state index contributed by atoms with van der Waals surface area (Å²) in [5, 5.41) is 22.8. The first-order chi connectivity index (χ1) is 12.4. The fourth-order valence-corrected chi connectivity index (χ4v) is 3.00. The minimum Gasteiger partial charge on any atom is -0.348 e. The highest BCUT2D eigenvalue weighted by atomic mass is 35.5. The molecule has 26 heavy (non-hydrogen) atoms. The Hall–Kier alpha value is -3.19. The monoisotopic (exact) mass is 371 g/mol. The van der Waals surface area contributed by atoms with Crippen molar-refractivity contribution in [3.05, 3.63) is 85.1 Å². The Labute approximate surface area is 154 Å². The molecule has 0 N–H and O–H groups in total. The highest BCUT2D eigenvalue weighted by Gasteiger charge is 2.20. The van der Waals surface area contributed by atoms with E-state index in [0.29, 0.717) is 5.02 Å². The van der Waals surface area contributed by atoms with Crippen LogP contribution < -0.4 is 4.90 Å². The summed E-state index contributed by atoms with van der Waals surface area (Å²) < 4.78 is 0. The summed E-state index contributed by atoms with van der Waals surface area (Å²) in [4.78, 5) is 23.0. The molecule has 0 amide bonds. The Morgan fingerprint density at radius 1 is 1.12 bits per heavy atom. The molecule has 132 valence electrons. The molecule has 1 aliphatic heterocycles. The number of nitro benzene ring substituents is 2. The summed E-state index contributed by atoms with van der Waals surface area (Å²) in [6, 6.07) is 9.08. The standard InChI is InChI=1S/C18H14ClN3O4/c1-2-20-8-7-12(16-10-14(19)4-6-17(16)20)9-13-3-5-15(21(23)24)11-18(13)22(25)26/h3-11H,2H2,1H3/b12-9+. The molecule has 0 aliphatic carbocycles. The molecular formula is C18H14ClN3O4. The maximum absolute atomic E-state index is 11.3. The summed E-state index contributed by atoms with van der Waals surface area (Å²) >= 11 is 6.12. The van der Waals surface area contributed by atoms with Gasteiger partial charge in [-0.3, -0.25) is 20.2 Å². The smallest absolute Gasteiger partial charge is 0.283 e. The molecule has 0 aromatic heterocycles. The van der Waals surface area contributed by atoms with Crippen LogP contribution in [0.15, 0.2) is 48.7 Å². The van der Waals surface area contributed by atoms with Crippen LogP contribution in [0.2, 0.25) is 5.02 Å². The largest absolute Gasteiger partial charge is 0.348 e. The van der Waals surface area contributed by atoms with Crippen LogP contribution in [0.5, 0.6) is 0 Å². The zero-order chi connectivity index (χ0) is 18.8. The van der Waals surface area contributed by atoms with Crippen molar-refractivity contribution < 1.29 is 9.85 Å². The molecule has 0 saturated carbocycles. The van der Waals surface area contributed by atoms with Crippen LogP contribution in [-0.4, -0.2) is 16.4 Å². The first kappa shape index (κ1) is 17.6. The Bertz CT molecular complexity index is 969. The van der Waals surface area contributed by atoms with Gasteiger partial charge in [-0.05, 0) is 48.9 Å². The van der Waals surface area contributed by atoms with Crippen molar-refractivity contribution in [1.82, 2.24) is 0 Å². The second-order valence-corrected chi connectivity index (χ2v) is 6.06. The van der Waals surface area contributed by atoms with Crippen LogP contribution in [0, 0.1) is 20.2 Å². The van der Waals surface area contributed by atoms with E-state index < -0.39 is 9.85 Å². The third-order valence-electron chi connectivity index (χ3n) is 4.09. The number of non-ortho nitro benzene ring substituents is 1. The molecule has 0 spiro atoms. The molecule has 0 unspecified atom stereocenters. The minimum atomic E-state index is -0.654. The number of benzene rings is 2. The number of nitrogens with zero attached hydrogens (tertiary/aromatic N) is 3. The molecule has 1 aliphatic rings. The van der Waals surface area contributed by atoms with Crippen molar-refractivity contribution in [3.63, 3.8) is 0 Å². The molecule has 7 nitrogen and oxygen atoms in total. The zero-order valence-corrected chi connectivity index (χ0v) is 14.5. The predicted molar refractivity (Wildman–Crippen MR) is 101 cm³/mol. The molecule has 0 saturated heterocycles. The summed E-state index contributed by atoms with van der Waals surface area (Å²) in [6.07, 6.45) is 5.37. The summed E-state index contributed by atoms with van der Waals surface area (Å²) in [7, 11) is 0. The van der Waals surface area contributed by atoms with Crippen LogP contribution in [0.25, 0.3) is 11.6 Å². The van der Waals surface area contributed by atoms with E-state index in [0.717, 1.165) is 29.4 Å². The Morgan fingerprint density at radius 3 is 2.54 bits per heavy atom. The number of rotatable bonds is 4. The lowest BCUT2D eigenvalue weighted by molar-refractivity contribution is -0.394. The van der Waals surface area contributed by atoms with E-state index in [-0.39, 0.29) is 16.9 Å². The fraction of sp³-hybridized carbons (Fsp3) is 0.111. The zero-order valence-electron chi connectivity index (χ0n) is 13.8. The van der Waals surface area contributed by atoms with Crippen molar-refractivity contribution >= 4 is 40.3 Å². The summed E-state index contributed by atoms with van der Waals surface area (Å²) in [6.45, 7) is 2.77. The Kier molecular flexibility index (Phi) is 4.73. The van der Waals surface area contributed by atoms with Crippen molar-refractivity contribution in [3.8, 4) is 0 Å². The fourth-order valence-electron chi connectivity index (χ4n) is 2.83. The Morgan fingerprint density at radius 2 is 1.88 bits per heavy atom. The number of hydrogen-bond donors (Lipinski definition) is 0. The van der Waals surface area contributed by atoms with Gasteiger partial charge in [0.1, 0.15) is 0 Å². The minimum absolute atomic E-state index is 0.288. The van der Waals surface area contributed by atoms with Crippen molar-refractivity contribution in [1.29, 1.82) is 0 Å². The SMILES string of the molecule is CCN1C=C/C(=C\c2ccc([N+](=O)[O-])cc2[N+](=O)[O-])c2cc(Cl)ccc21. The van der Waals surface area contributed by atoms with Crippen molar-refractivity contribution in [2.75, 3.05) is 11.4 Å². The number of allylic oxidation sites excluding steroid dienone is 2. The topological polar surface area (TPSA) is 89.5 Å². The van der Waals surface area contributed by atoms with Crippen LogP contribution >= 0.6 is 11.6 Å². The first-order valence-corrected chi connectivity index (χ1v) is 8.18. The van der Waals surface area contributed by atoms with Gasteiger partial charge in [0, 0.05) is 35.1 Å². The number of anilines is 1. The van der Waals surface area contributed by atoms with E-state index in [1.165, 1.54) is 12.1 Å². The van der Waals surface area contributed by atoms with E-state index in [9.17, 15) is 20.2 Å².